The Kier molecular flexibility index (Phi) is 3.96. The van der Waals surface area contributed by atoms with Crippen LogP contribution in [-0.4, -0.2) is 0 Å². The Labute approximate surface area is 132 Å². The second-order valence-corrected chi connectivity index (χ2v) is 5.66. The van der Waals surface area contributed by atoms with Gasteiger partial charge in [-0.1, -0.05) is 54.1 Å². The summed E-state index contributed by atoms with van der Waals surface area (Å²) in [4.78, 5) is 0. The maximum Gasteiger partial charge on any atom is -0.00698 e. The molecule has 0 heteroatoms. The van der Waals surface area contributed by atoms with Crippen molar-refractivity contribution in [1.29, 1.82) is 0 Å². The zero-order chi connectivity index (χ0) is 15.5. The van der Waals surface area contributed by atoms with E-state index in [1.54, 1.807) is 0 Å². The molecule has 0 saturated carbocycles. The summed E-state index contributed by atoms with van der Waals surface area (Å²) < 4.78 is 0. The molecular formula is C22H20. The lowest BCUT2D eigenvalue weighted by molar-refractivity contribution is 1.43. The molecule has 108 valence electrons. The van der Waals surface area contributed by atoms with Gasteiger partial charge in [-0.15, -0.1) is 5.73 Å². The second kappa shape index (κ2) is 6.05. The van der Waals surface area contributed by atoms with E-state index in [1.807, 2.05) is 13.0 Å². The predicted octanol–water partition coefficient (Wildman–Crippen LogP) is 6.31. The van der Waals surface area contributed by atoms with E-state index in [1.165, 1.54) is 38.6 Å². The molecule has 0 saturated heterocycles. The number of benzene rings is 3. The normalized spacial score (nSPS) is 10.3. The molecule has 0 aliphatic rings. The summed E-state index contributed by atoms with van der Waals surface area (Å²) in [5.74, 6) is 0. The van der Waals surface area contributed by atoms with Crippen molar-refractivity contribution in [3.05, 3.63) is 83.1 Å². The zero-order valence-electron chi connectivity index (χ0n) is 13.4. The topological polar surface area (TPSA) is 0 Å². The first-order chi connectivity index (χ1) is 10.7. The van der Waals surface area contributed by atoms with E-state index in [-0.39, 0.29) is 0 Å². The molecule has 0 atom stereocenters. The summed E-state index contributed by atoms with van der Waals surface area (Å²) in [6, 6.07) is 19.6. The molecule has 0 spiro atoms. The van der Waals surface area contributed by atoms with Crippen molar-refractivity contribution in [3.8, 4) is 11.1 Å². The van der Waals surface area contributed by atoms with Gasteiger partial charge in [-0.3, -0.25) is 0 Å². The second-order valence-electron chi connectivity index (χ2n) is 5.66. The predicted molar refractivity (Wildman–Crippen MR) is 97.1 cm³/mol. The van der Waals surface area contributed by atoms with Gasteiger partial charge in [-0.2, -0.15) is 0 Å². The number of hydrogen-bond acceptors (Lipinski definition) is 0. The van der Waals surface area contributed by atoms with E-state index in [2.05, 4.69) is 80.3 Å². The molecule has 0 bridgehead atoms. The van der Waals surface area contributed by atoms with Crippen LogP contribution in [0.3, 0.4) is 0 Å². The van der Waals surface area contributed by atoms with E-state index < -0.39 is 0 Å². The van der Waals surface area contributed by atoms with Gasteiger partial charge in [0.25, 0.3) is 0 Å². The lowest BCUT2D eigenvalue weighted by atomic mass is 9.90. The third-order valence-corrected chi connectivity index (χ3v) is 4.06. The van der Waals surface area contributed by atoms with E-state index in [0.29, 0.717) is 0 Å². The quantitative estimate of drug-likeness (QED) is 0.483. The van der Waals surface area contributed by atoms with Crippen molar-refractivity contribution in [2.24, 2.45) is 0 Å². The molecule has 22 heavy (non-hydrogen) atoms. The van der Waals surface area contributed by atoms with Gasteiger partial charge in [0.1, 0.15) is 0 Å². The van der Waals surface area contributed by atoms with Crippen LogP contribution >= 0.6 is 0 Å². The highest BCUT2D eigenvalue weighted by molar-refractivity contribution is 6.00. The van der Waals surface area contributed by atoms with Crippen molar-refractivity contribution in [3.63, 3.8) is 0 Å². The average molecular weight is 284 g/mol. The Morgan fingerprint density at radius 1 is 0.909 bits per heavy atom. The highest BCUT2D eigenvalue weighted by Crippen LogP contribution is 2.35. The van der Waals surface area contributed by atoms with Crippen LogP contribution < -0.4 is 0 Å². The molecule has 0 N–H and O–H groups in total. The smallest absolute Gasteiger partial charge is 0.00698 e. The first-order valence-corrected chi connectivity index (χ1v) is 7.67. The molecule has 0 amide bonds. The van der Waals surface area contributed by atoms with Crippen LogP contribution in [0.4, 0.5) is 0 Å². The van der Waals surface area contributed by atoms with E-state index >= 15 is 0 Å². The molecule has 0 aliphatic heterocycles. The largest absolute Gasteiger partial charge is 0.125 e. The molecule has 0 radical (unpaired) electrons. The third-order valence-electron chi connectivity index (χ3n) is 4.06. The summed E-state index contributed by atoms with van der Waals surface area (Å²) in [6.07, 6.45) is 4.02. The van der Waals surface area contributed by atoms with Crippen LogP contribution in [0.2, 0.25) is 0 Å². The Hall–Kier alpha value is -2.56. The Morgan fingerprint density at radius 3 is 2.50 bits per heavy atom. The maximum absolute atomic E-state index is 3.21. The molecule has 0 fully saturated rings. The summed E-state index contributed by atoms with van der Waals surface area (Å²) in [7, 11) is 0. The van der Waals surface area contributed by atoms with Crippen molar-refractivity contribution in [1.82, 2.24) is 0 Å². The van der Waals surface area contributed by atoms with Crippen molar-refractivity contribution in [2.75, 3.05) is 0 Å². The van der Waals surface area contributed by atoms with Crippen LogP contribution in [0, 0.1) is 13.8 Å². The van der Waals surface area contributed by atoms with Crippen LogP contribution in [0.5, 0.6) is 0 Å². The third kappa shape index (κ3) is 2.62. The number of fused-ring (bicyclic) bond motifs is 1. The van der Waals surface area contributed by atoms with Crippen molar-refractivity contribution in [2.45, 2.75) is 20.8 Å². The summed E-state index contributed by atoms with van der Waals surface area (Å²) in [6.45, 7) is 6.34. The van der Waals surface area contributed by atoms with E-state index in [4.69, 9.17) is 0 Å². The standard InChI is InChI=1S/C22H20/c1-4-5-10-18-15-19-11-6-7-13-21(19)22(17(18)3)20-12-8-9-16(2)14-20/h4,6-15H,1-3H3. The first-order valence-electron chi connectivity index (χ1n) is 7.67. The fourth-order valence-electron chi connectivity index (χ4n) is 2.97. The molecule has 0 heterocycles. The summed E-state index contributed by atoms with van der Waals surface area (Å²) in [5, 5.41) is 2.58. The molecule has 3 rings (SSSR count). The molecule has 3 aromatic rings. The molecule has 0 unspecified atom stereocenters. The minimum atomic E-state index is 1.23. The van der Waals surface area contributed by atoms with Gasteiger partial charge in [-0.25, -0.2) is 0 Å². The van der Waals surface area contributed by atoms with Gasteiger partial charge >= 0.3 is 0 Å². The van der Waals surface area contributed by atoms with Gasteiger partial charge in [0, 0.05) is 0 Å². The van der Waals surface area contributed by atoms with Gasteiger partial charge in [0.15, 0.2) is 0 Å². The molecular weight excluding hydrogens is 264 g/mol. The molecule has 0 nitrogen and oxygen atoms in total. The highest BCUT2D eigenvalue weighted by Gasteiger charge is 2.10. The highest BCUT2D eigenvalue weighted by atomic mass is 14.1. The van der Waals surface area contributed by atoms with Crippen molar-refractivity contribution < 1.29 is 0 Å². The van der Waals surface area contributed by atoms with Gasteiger partial charge in [-0.05, 0) is 72.0 Å². The first kappa shape index (κ1) is 14.4. The summed E-state index contributed by atoms with van der Waals surface area (Å²) in [5.41, 5.74) is 9.64. The molecule has 3 aromatic carbocycles. The Bertz CT molecular complexity index is 891. The fraction of sp³-hybridized carbons (Fsp3) is 0.136. The number of aryl methyl sites for hydroxylation is 1. The maximum atomic E-state index is 3.21. The lowest BCUT2D eigenvalue weighted by Crippen LogP contribution is -1.91. The molecule has 0 aromatic heterocycles. The monoisotopic (exact) mass is 284 g/mol. The minimum absolute atomic E-state index is 1.23. The number of hydrogen-bond donors (Lipinski definition) is 0. The van der Waals surface area contributed by atoms with Crippen LogP contribution in [0.15, 0.2) is 66.4 Å². The zero-order valence-corrected chi connectivity index (χ0v) is 13.4. The molecule has 0 aliphatic carbocycles. The average Bonchev–Trinajstić information content (AvgIpc) is 2.53. The Morgan fingerprint density at radius 2 is 1.73 bits per heavy atom. The lowest BCUT2D eigenvalue weighted by Gasteiger charge is -2.14. The number of allylic oxidation sites excluding steroid dienone is 1. The van der Waals surface area contributed by atoms with Gasteiger partial charge in [0.2, 0.25) is 0 Å². The van der Waals surface area contributed by atoms with Crippen LogP contribution in [0.25, 0.3) is 28.0 Å². The van der Waals surface area contributed by atoms with Gasteiger partial charge < -0.3 is 0 Å². The summed E-state index contributed by atoms with van der Waals surface area (Å²) >= 11 is 0. The number of rotatable bonds is 2. The van der Waals surface area contributed by atoms with Crippen molar-refractivity contribution >= 4 is 16.8 Å². The van der Waals surface area contributed by atoms with E-state index in [0.717, 1.165) is 0 Å². The Balaban J connectivity index is 2.40. The van der Waals surface area contributed by atoms with E-state index in [9.17, 15) is 0 Å². The fourth-order valence-corrected chi connectivity index (χ4v) is 2.97. The van der Waals surface area contributed by atoms with Gasteiger partial charge in [0.05, 0.1) is 0 Å². The SMILES string of the molecule is CC=C=Cc1cc2ccccc2c(-c2cccc(C)c2)c1C. The minimum Gasteiger partial charge on any atom is -0.125 e. The van der Waals surface area contributed by atoms with Crippen LogP contribution in [0.1, 0.15) is 23.6 Å². The van der Waals surface area contributed by atoms with Crippen LogP contribution in [-0.2, 0) is 0 Å².